The lowest BCUT2D eigenvalue weighted by molar-refractivity contribution is 1.07. The summed E-state index contributed by atoms with van der Waals surface area (Å²) >= 11 is 0. The van der Waals surface area contributed by atoms with Gasteiger partial charge in [-0.3, -0.25) is 0 Å². The van der Waals surface area contributed by atoms with Crippen LogP contribution in [0.1, 0.15) is 0 Å². The summed E-state index contributed by atoms with van der Waals surface area (Å²) in [5.74, 6) is 1.92. The van der Waals surface area contributed by atoms with Crippen molar-refractivity contribution >= 4 is 49.6 Å². The summed E-state index contributed by atoms with van der Waals surface area (Å²) in [7, 11) is 0. The van der Waals surface area contributed by atoms with E-state index in [4.69, 9.17) is 15.0 Å². The van der Waals surface area contributed by atoms with Gasteiger partial charge in [0.25, 0.3) is 0 Å². The average Bonchev–Trinajstić information content (AvgIpc) is 3.59. The molecule has 54 heavy (non-hydrogen) atoms. The molecule has 10 aromatic rings. The number of nitrogens with zero attached hydrogens (tertiary/aromatic N) is 5. The van der Waals surface area contributed by atoms with Crippen molar-refractivity contribution in [1.82, 2.24) is 19.5 Å². The quantitative estimate of drug-likeness (QED) is 0.180. The maximum Gasteiger partial charge on any atom is 0.164 e. The van der Waals surface area contributed by atoms with E-state index >= 15 is 0 Å². The number of rotatable bonds is 5. The third kappa shape index (κ3) is 4.69. The highest BCUT2D eigenvalue weighted by Gasteiger charge is 2.28. The molecule has 0 bridgehead atoms. The van der Waals surface area contributed by atoms with Crippen LogP contribution in [0.25, 0.3) is 83.6 Å². The molecule has 0 fully saturated rings. The fraction of sp³-hybridized carbons (Fsp3) is 0. The zero-order valence-electron chi connectivity index (χ0n) is 29.1. The van der Waals surface area contributed by atoms with Gasteiger partial charge < -0.3 is 9.47 Å². The van der Waals surface area contributed by atoms with E-state index in [0.717, 1.165) is 45.0 Å². The summed E-state index contributed by atoms with van der Waals surface area (Å²) in [4.78, 5) is 17.5. The van der Waals surface area contributed by atoms with Crippen LogP contribution in [0.2, 0.25) is 0 Å². The molecule has 0 amide bonds. The van der Waals surface area contributed by atoms with Crippen LogP contribution >= 0.6 is 0 Å². The van der Waals surface area contributed by atoms with Gasteiger partial charge in [0, 0.05) is 49.5 Å². The number of hydrogen-bond donors (Lipinski definition) is 0. The van der Waals surface area contributed by atoms with Gasteiger partial charge in [-0.1, -0.05) is 146 Å². The van der Waals surface area contributed by atoms with Gasteiger partial charge in [-0.2, -0.15) is 0 Å². The zero-order valence-corrected chi connectivity index (χ0v) is 29.1. The third-order valence-electron chi connectivity index (χ3n) is 10.6. The van der Waals surface area contributed by atoms with Gasteiger partial charge >= 0.3 is 0 Å². The highest BCUT2D eigenvalue weighted by molar-refractivity contribution is 6.18. The normalized spacial score (nSPS) is 12.0. The summed E-state index contributed by atoms with van der Waals surface area (Å²) in [5, 5.41) is 4.92. The molecule has 1 aliphatic rings. The van der Waals surface area contributed by atoms with Crippen molar-refractivity contribution in [2.45, 2.75) is 0 Å². The van der Waals surface area contributed by atoms with E-state index in [9.17, 15) is 0 Å². The second-order valence-electron chi connectivity index (χ2n) is 13.6. The molecule has 2 aromatic heterocycles. The lowest BCUT2D eigenvalue weighted by Gasteiger charge is -2.34. The first kappa shape index (κ1) is 30.3. The SMILES string of the molecule is c1ccc(-c2nc(-c3ccccc3)nc(-c3ccc4c(c3)N(c3ccccc3)c3ccc(-n5c6ccccc6c6ccccc65)c5cccc-4c35)n2)cc1. The highest BCUT2D eigenvalue weighted by Crippen LogP contribution is 2.53. The van der Waals surface area contributed by atoms with Gasteiger partial charge in [-0.05, 0) is 48.0 Å². The molecule has 1 aliphatic heterocycles. The maximum atomic E-state index is 5.08. The molecule has 0 saturated heterocycles. The minimum absolute atomic E-state index is 0.629. The maximum absolute atomic E-state index is 5.08. The van der Waals surface area contributed by atoms with Crippen LogP contribution in [0.3, 0.4) is 0 Å². The summed E-state index contributed by atoms with van der Waals surface area (Å²) in [5.41, 5.74) is 12.0. The molecule has 5 heteroatoms. The zero-order chi connectivity index (χ0) is 35.6. The van der Waals surface area contributed by atoms with E-state index < -0.39 is 0 Å². The van der Waals surface area contributed by atoms with E-state index in [1.54, 1.807) is 0 Å². The van der Waals surface area contributed by atoms with Crippen LogP contribution in [-0.2, 0) is 0 Å². The number of fused-ring (bicyclic) bond motifs is 5. The number of hydrogen-bond acceptors (Lipinski definition) is 4. The number of para-hydroxylation sites is 3. The molecule has 3 heterocycles. The van der Waals surface area contributed by atoms with E-state index in [0.29, 0.717) is 17.5 Å². The Morgan fingerprint density at radius 1 is 0.333 bits per heavy atom. The molecule has 0 unspecified atom stereocenters. The third-order valence-corrected chi connectivity index (χ3v) is 10.6. The predicted molar refractivity (Wildman–Crippen MR) is 222 cm³/mol. The van der Waals surface area contributed by atoms with Crippen LogP contribution in [0.5, 0.6) is 0 Å². The standard InChI is InChI=1S/C49H31N5/c1-4-15-32(16-5-1)47-50-48(33-17-6-2-7-18-33)52-49(51-47)34-27-28-38-39-23-14-24-40-43(54-41-25-12-10-21-36(41)37-22-11-13-26-42(37)54)29-30-44(46(39)40)53(45(38)31-34)35-19-8-3-9-20-35/h1-31H. The smallest absolute Gasteiger partial charge is 0.164 e. The highest BCUT2D eigenvalue weighted by atomic mass is 15.2. The summed E-state index contributed by atoms with van der Waals surface area (Å²) in [6.07, 6.45) is 0. The van der Waals surface area contributed by atoms with Gasteiger partial charge in [-0.25, -0.2) is 15.0 Å². The Bertz CT molecular complexity index is 2930. The molecule has 5 nitrogen and oxygen atoms in total. The van der Waals surface area contributed by atoms with E-state index in [1.165, 1.54) is 38.1 Å². The Kier molecular flexibility index (Phi) is 6.79. The van der Waals surface area contributed by atoms with E-state index in [-0.39, 0.29) is 0 Å². The van der Waals surface area contributed by atoms with E-state index in [1.807, 2.05) is 60.7 Å². The Morgan fingerprint density at radius 2 is 0.852 bits per heavy atom. The van der Waals surface area contributed by atoms with Gasteiger partial charge in [0.1, 0.15) is 0 Å². The lowest BCUT2D eigenvalue weighted by atomic mass is 9.89. The molecule has 0 N–H and O–H groups in total. The molecule has 11 rings (SSSR count). The Balaban J connectivity index is 1.15. The van der Waals surface area contributed by atoms with E-state index in [2.05, 4.69) is 137 Å². The molecule has 0 radical (unpaired) electrons. The fourth-order valence-corrected chi connectivity index (χ4v) is 8.17. The number of benzene rings is 8. The molecular weight excluding hydrogens is 659 g/mol. The van der Waals surface area contributed by atoms with Crippen molar-refractivity contribution in [3.8, 4) is 51.0 Å². The average molecular weight is 690 g/mol. The minimum atomic E-state index is 0.629. The van der Waals surface area contributed by atoms with Gasteiger partial charge in [0.2, 0.25) is 0 Å². The van der Waals surface area contributed by atoms with Gasteiger partial charge in [0.15, 0.2) is 17.5 Å². The molecular formula is C49H31N5. The van der Waals surface area contributed by atoms with Crippen molar-refractivity contribution in [3.05, 3.63) is 188 Å². The Hall–Kier alpha value is -7.37. The predicted octanol–water partition coefficient (Wildman–Crippen LogP) is 12.6. The Morgan fingerprint density at radius 3 is 1.48 bits per heavy atom. The first-order chi connectivity index (χ1) is 26.8. The second kappa shape index (κ2) is 12.1. The van der Waals surface area contributed by atoms with Crippen molar-refractivity contribution < 1.29 is 0 Å². The summed E-state index contributed by atoms with van der Waals surface area (Å²) in [6, 6.07) is 66.2. The molecule has 8 aromatic carbocycles. The minimum Gasteiger partial charge on any atom is -0.309 e. The van der Waals surface area contributed by atoms with Gasteiger partial charge in [-0.15, -0.1) is 0 Å². The molecule has 0 spiro atoms. The summed E-state index contributed by atoms with van der Waals surface area (Å²) in [6.45, 7) is 0. The molecule has 252 valence electrons. The molecule has 0 aliphatic carbocycles. The van der Waals surface area contributed by atoms with Crippen molar-refractivity contribution in [2.24, 2.45) is 0 Å². The van der Waals surface area contributed by atoms with Crippen LogP contribution in [0.4, 0.5) is 17.1 Å². The van der Waals surface area contributed by atoms with Crippen LogP contribution in [0, 0.1) is 0 Å². The molecule has 0 saturated carbocycles. The number of aromatic nitrogens is 4. The van der Waals surface area contributed by atoms with Crippen molar-refractivity contribution in [2.75, 3.05) is 4.90 Å². The first-order valence-electron chi connectivity index (χ1n) is 18.2. The molecule has 0 atom stereocenters. The second-order valence-corrected chi connectivity index (χ2v) is 13.6. The van der Waals surface area contributed by atoms with Crippen LogP contribution in [-0.4, -0.2) is 19.5 Å². The lowest BCUT2D eigenvalue weighted by Crippen LogP contribution is -2.15. The van der Waals surface area contributed by atoms with Crippen LogP contribution in [0.15, 0.2) is 188 Å². The fourth-order valence-electron chi connectivity index (χ4n) is 8.17. The van der Waals surface area contributed by atoms with Crippen molar-refractivity contribution in [1.29, 1.82) is 0 Å². The van der Waals surface area contributed by atoms with Gasteiger partial charge in [0.05, 0.1) is 28.1 Å². The number of anilines is 3. The van der Waals surface area contributed by atoms with Crippen molar-refractivity contribution in [3.63, 3.8) is 0 Å². The summed E-state index contributed by atoms with van der Waals surface area (Å²) < 4.78 is 2.43. The first-order valence-corrected chi connectivity index (χ1v) is 18.2. The monoisotopic (exact) mass is 689 g/mol. The largest absolute Gasteiger partial charge is 0.309 e. The van der Waals surface area contributed by atoms with Crippen LogP contribution < -0.4 is 4.90 Å². The topological polar surface area (TPSA) is 46.8 Å². The Labute approximate surface area is 312 Å².